The fourth-order valence-corrected chi connectivity index (χ4v) is 2.94. The Morgan fingerprint density at radius 1 is 1.35 bits per heavy atom. The Kier molecular flexibility index (Phi) is 4.41. The van der Waals surface area contributed by atoms with Gasteiger partial charge in [0.15, 0.2) is 0 Å². The summed E-state index contributed by atoms with van der Waals surface area (Å²) in [7, 11) is 1.44. The molecule has 0 radical (unpaired) electrons. The highest BCUT2D eigenvalue weighted by Gasteiger charge is 2.44. The fourth-order valence-electron chi connectivity index (χ4n) is 2.94. The number of piperidine rings is 1. The van der Waals surface area contributed by atoms with Crippen LogP contribution in [0.1, 0.15) is 25.3 Å². The molecule has 0 bridgehead atoms. The van der Waals surface area contributed by atoms with Gasteiger partial charge in [-0.1, -0.05) is 30.3 Å². The van der Waals surface area contributed by atoms with Crippen molar-refractivity contribution in [3.05, 3.63) is 35.9 Å². The predicted molar refractivity (Wildman–Crippen MR) is 76.0 cm³/mol. The molecule has 1 aliphatic rings. The van der Waals surface area contributed by atoms with Gasteiger partial charge in [0.2, 0.25) is 0 Å². The number of esters is 1. The van der Waals surface area contributed by atoms with Gasteiger partial charge < -0.3 is 4.74 Å². The Balaban J connectivity index is 2.25. The molecule has 1 aromatic rings. The number of nitriles is 1. The van der Waals surface area contributed by atoms with Crippen LogP contribution in [0.4, 0.5) is 0 Å². The van der Waals surface area contributed by atoms with Gasteiger partial charge in [-0.25, -0.2) is 0 Å². The van der Waals surface area contributed by atoms with Crippen molar-refractivity contribution in [2.75, 3.05) is 20.2 Å². The summed E-state index contributed by atoms with van der Waals surface area (Å²) in [5.74, 6) is -0.173. The lowest BCUT2D eigenvalue weighted by molar-refractivity contribution is -0.149. The molecule has 0 aliphatic carbocycles. The van der Waals surface area contributed by atoms with Gasteiger partial charge in [0.1, 0.15) is 0 Å². The standard InChI is InChI=1S/C16H20N2O2/c1-13(12-17)18-10-8-16(9-11-18,15(19)20-2)14-6-4-3-5-7-14/h3-7,13H,8-11H2,1-2H3/t13-/m1/s1. The third-order valence-electron chi connectivity index (χ3n) is 4.29. The first-order chi connectivity index (χ1) is 9.64. The number of carbonyl (C=O) groups is 1. The van der Waals surface area contributed by atoms with Crippen LogP contribution in [0.25, 0.3) is 0 Å². The van der Waals surface area contributed by atoms with E-state index in [1.165, 1.54) is 7.11 Å². The molecule has 0 spiro atoms. The molecule has 0 aromatic heterocycles. The van der Waals surface area contributed by atoms with Crippen LogP contribution in [0.3, 0.4) is 0 Å². The first-order valence-corrected chi connectivity index (χ1v) is 6.91. The summed E-state index contributed by atoms with van der Waals surface area (Å²) in [4.78, 5) is 14.4. The van der Waals surface area contributed by atoms with Crippen LogP contribution in [-0.4, -0.2) is 37.1 Å². The second-order valence-corrected chi connectivity index (χ2v) is 5.28. The average molecular weight is 272 g/mol. The van der Waals surface area contributed by atoms with E-state index in [9.17, 15) is 4.79 Å². The van der Waals surface area contributed by atoms with Crippen molar-refractivity contribution in [1.82, 2.24) is 4.90 Å². The third-order valence-corrected chi connectivity index (χ3v) is 4.29. The van der Waals surface area contributed by atoms with Crippen molar-refractivity contribution in [1.29, 1.82) is 5.26 Å². The van der Waals surface area contributed by atoms with Crippen molar-refractivity contribution < 1.29 is 9.53 Å². The van der Waals surface area contributed by atoms with Crippen LogP contribution in [-0.2, 0) is 14.9 Å². The molecule has 0 amide bonds. The Bertz CT molecular complexity index is 499. The number of ether oxygens (including phenoxy) is 1. The molecular formula is C16H20N2O2. The molecule has 1 atom stereocenters. The molecule has 106 valence electrons. The molecule has 0 unspecified atom stereocenters. The summed E-state index contributed by atoms with van der Waals surface area (Å²) < 4.78 is 5.05. The Morgan fingerprint density at radius 3 is 2.45 bits per heavy atom. The second-order valence-electron chi connectivity index (χ2n) is 5.28. The first-order valence-electron chi connectivity index (χ1n) is 6.91. The number of hydrogen-bond acceptors (Lipinski definition) is 4. The van der Waals surface area contributed by atoms with E-state index < -0.39 is 5.41 Å². The SMILES string of the molecule is COC(=O)C1(c2ccccc2)CCN([C@H](C)C#N)CC1. The number of rotatable bonds is 3. The van der Waals surface area contributed by atoms with Gasteiger partial charge in [0, 0.05) is 13.1 Å². The first kappa shape index (κ1) is 14.5. The van der Waals surface area contributed by atoms with Crippen LogP contribution in [0, 0.1) is 11.3 Å². The van der Waals surface area contributed by atoms with Crippen molar-refractivity contribution in [2.24, 2.45) is 0 Å². The highest BCUT2D eigenvalue weighted by Crippen LogP contribution is 2.37. The number of likely N-dealkylation sites (tertiary alicyclic amines) is 1. The molecule has 4 nitrogen and oxygen atoms in total. The van der Waals surface area contributed by atoms with Gasteiger partial charge in [-0.15, -0.1) is 0 Å². The zero-order chi connectivity index (χ0) is 14.6. The lowest BCUT2D eigenvalue weighted by Gasteiger charge is -2.40. The van der Waals surface area contributed by atoms with E-state index in [4.69, 9.17) is 10.00 Å². The van der Waals surface area contributed by atoms with E-state index in [1.807, 2.05) is 37.3 Å². The molecule has 4 heteroatoms. The van der Waals surface area contributed by atoms with Crippen molar-refractivity contribution in [3.63, 3.8) is 0 Å². The van der Waals surface area contributed by atoms with E-state index in [0.717, 1.165) is 18.7 Å². The quantitative estimate of drug-likeness (QED) is 0.791. The van der Waals surface area contributed by atoms with Crippen LogP contribution in [0.5, 0.6) is 0 Å². The summed E-state index contributed by atoms with van der Waals surface area (Å²) >= 11 is 0. The van der Waals surface area contributed by atoms with E-state index in [-0.39, 0.29) is 12.0 Å². The smallest absolute Gasteiger partial charge is 0.316 e. The van der Waals surface area contributed by atoms with E-state index >= 15 is 0 Å². The van der Waals surface area contributed by atoms with Gasteiger partial charge >= 0.3 is 5.97 Å². The Labute approximate surface area is 120 Å². The summed E-state index contributed by atoms with van der Waals surface area (Å²) in [6.45, 7) is 3.37. The Hall–Kier alpha value is -1.86. The number of nitrogens with zero attached hydrogens (tertiary/aromatic N) is 2. The lowest BCUT2D eigenvalue weighted by Crippen LogP contribution is -2.49. The van der Waals surface area contributed by atoms with Crippen molar-refractivity contribution >= 4 is 5.97 Å². The maximum atomic E-state index is 12.3. The molecule has 0 N–H and O–H groups in total. The van der Waals surface area contributed by atoms with Gasteiger partial charge in [-0.05, 0) is 25.3 Å². The highest BCUT2D eigenvalue weighted by atomic mass is 16.5. The molecule has 1 aromatic carbocycles. The minimum atomic E-state index is -0.568. The summed E-state index contributed by atoms with van der Waals surface area (Å²) in [5, 5.41) is 9.01. The van der Waals surface area contributed by atoms with Crippen LogP contribution in [0.2, 0.25) is 0 Å². The monoisotopic (exact) mass is 272 g/mol. The molecule has 1 aliphatic heterocycles. The zero-order valence-corrected chi connectivity index (χ0v) is 12.0. The normalized spacial score (nSPS) is 19.9. The van der Waals surface area contributed by atoms with Crippen LogP contribution in [0.15, 0.2) is 30.3 Å². The zero-order valence-electron chi connectivity index (χ0n) is 12.0. The topological polar surface area (TPSA) is 53.3 Å². The third kappa shape index (κ3) is 2.54. The molecule has 1 heterocycles. The number of benzene rings is 1. The summed E-state index contributed by atoms with van der Waals surface area (Å²) in [5.41, 5.74) is 0.443. The van der Waals surface area contributed by atoms with Gasteiger partial charge in [-0.2, -0.15) is 5.26 Å². The van der Waals surface area contributed by atoms with Crippen molar-refractivity contribution in [2.45, 2.75) is 31.2 Å². The summed E-state index contributed by atoms with van der Waals surface area (Å²) in [6.07, 6.45) is 1.38. The molecular weight excluding hydrogens is 252 g/mol. The Morgan fingerprint density at radius 2 is 1.95 bits per heavy atom. The predicted octanol–water partition coefficient (Wildman–Crippen LogP) is 2.11. The van der Waals surface area contributed by atoms with Crippen LogP contribution >= 0.6 is 0 Å². The minimum absolute atomic E-state index is 0.110. The molecule has 1 fully saturated rings. The maximum Gasteiger partial charge on any atom is 0.316 e. The van der Waals surface area contributed by atoms with Gasteiger partial charge in [0.25, 0.3) is 0 Å². The second kappa shape index (κ2) is 6.06. The highest BCUT2D eigenvalue weighted by molar-refractivity contribution is 5.83. The maximum absolute atomic E-state index is 12.3. The molecule has 0 saturated carbocycles. The van der Waals surface area contributed by atoms with Crippen molar-refractivity contribution in [3.8, 4) is 6.07 Å². The molecule has 1 saturated heterocycles. The largest absolute Gasteiger partial charge is 0.468 e. The van der Waals surface area contributed by atoms with Gasteiger partial charge in [-0.3, -0.25) is 9.69 Å². The summed E-state index contributed by atoms with van der Waals surface area (Å²) in [6, 6.07) is 12.0. The number of methoxy groups -OCH3 is 1. The fraction of sp³-hybridized carbons (Fsp3) is 0.500. The number of hydrogen-bond donors (Lipinski definition) is 0. The lowest BCUT2D eigenvalue weighted by atomic mass is 9.72. The number of carbonyl (C=O) groups excluding carboxylic acids is 1. The van der Waals surface area contributed by atoms with E-state index in [2.05, 4.69) is 11.0 Å². The molecule has 20 heavy (non-hydrogen) atoms. The van der Waals surface area contributed by atoms with E-state index in [0.29, 0.717) is 12.8 Å². The minimum Gasteiger partial charge on any atom is -0.468 e. The average Bonchev–Trinajstić information content (AvgIpc) is 2.54. The van der Waals surface area contributed by atoms with Gasteiger partial charge in [0.05, 0.1) is 24.6 Å². The van der Waals surface area contributed by atoms with Crippen LogP contribution < -0.4 is 0 Å². The van der Waals surface area contributed by atoms with E-state index in [1.54, 1.807) is 0 Å². The molecule has 2 rings (SSSR count).